The molecular weight excluding hydrogens is 735 g/mol. The number of fused-ring (bicyclic) bond motifs is 3. The van der Waals surface area contributed by atoms with Crippen LogP contribution in [-0.4, -0.2) is 24.1 Å². The molecule has 0 amide bonds. The first-order chi connectivity index (χ1) is 29.7. The Labute approximate surface area is 346 Å². The zero-order chi connectivity index (χ0) is 40.0. The molecule has 282 valence electrons. The van der Waals surface area contributed by atoms with Crippen molar-refractivity contribution in [1.82, 2.24) is 24.1 Å². The lowest BCUT2D eigenvalue weighted by atomic mass is 9.85. The van der Waals surface area contributed by atoms with Crippen molar-refractivity contribution in [1.29, 1.82) is 0 Å². The number of nitrogens with zero attached hydrogens (tertiary/aromatic N) is 5. The third-order valence-corrected chi connectivity index (χ3v) is 11.2. The molecule has 6 heteroatoms. The van der Waals surface area contributed by atoms with E-state index in [1.807, 2.05) is 126 Å². The first kappa shape index (κ1) is 35.0. The standard InChI is InChI=1S/C54H35N5O/c60-54-58(41-24-9-3-10-25-41)47-33-32-39(35-48(47)59(54)42-26-11-4-12-27-42)50-45-30-15-13-28-43(45)49(44-29-14-16-31-46(44)50)38-22-17-23-40(34-38)53-56-51(36-18-5-1-6-19-36)55-52(57-53)37-20-7-2-8-21-37/h1-35H. The van der Waals surface area contributed by atoms with Gasteiger partial charge in [0.2, 0.25) is 0 Å². The van der Waals surface area contributed by atoms with Crippen LogP contribution >= 0.6 is 0 Å². The highest BCUT2D eigenvalue weighted by atomic mass is 16.1. The molecule has 60 heavy (non-hydrogen) atoms. The number of imidazole rings is 1. The minimum atomic E-state index is -0.116. The summed E-state index contributed by atoms with van der Waals surface area (Å²) >= 11 is 0. The van der Waals surface area contributed by atoms with Gasteiger partial charge in [0.05, 0.1) is 22.4 Å². The van der Waals surface area contributed by atoms with Gasteiger partial charge in [0.25, 0.3) is 0 Å². The van der Waals surface area contributed by atoms with Crippen LogP contribution in [-0.2, 0) is 0 Å². The Bertz CT molecular complexity index is 3320. The van der Waals surface area contributed by atoms with E-state index >= 15 is 0 Å². The van der Waals surface area contributed by atoms with E-state index < -0.39 is 0 Å². The molecule has 9 aromatic carbocycles. The minimum absolute atomic E-state index is 0.116. The maximum atomic E-state index is 14.4. The Morgan fingerprint density at radius 1 is 0.300 bits per heavy atom. The van der Waals surface area contributed by atoms with Crippen molar-refractivity contribution >= 4 is 32.6 Å². The molecule has 2 heterocycles. The van der Waals surface area contributed by atoms with Gasteiger partial charge in [-0.3, -0.25) is 9.13 Å². The molecule has 0 fully saturated rings. The summed E-state index contributed by atoms with van der Waals surface area (Å²) in [5.41, 5.74) is 10.3. The molecule has 0 aliphatic heterocycles. The second-order valence-corrected chi connectivity index (χ2v) is 14.8. The van der Waals surface area contributed by atoms with Crippen molar-refractivity contribution in [2.45, 2.75) is 0 Å². The number of rotatable bonds is 7. The number of para-hydroxylation sites is 2. The van der Waals surface area contributed by atoms with E-state index in [2.05, 4.69) is 91.0 Å². The third kappa shape index (κ3) is 5.98. The van der Waals surface area contributed by atoms with Crippen LogP contribution in [0.1, 0.15) is 0 Å². The lowest BCUT2D eigenvalue weighted by Gasteiger charge is -2.18. The predicted octanol–water partition coefficient (Wildman–Crippen LogP) is 12.6. The first-order valence-corrected chi connectivity index (χ1v) is 20.0. The Morgan fingerprint density at radius 2 is 0.667 bits per heavy atom. The van der Waals surface area contributed by atoms with Gasteiger partial charge in [0, 0.05) is 16.7 Å². The van der Waals surface area contributed by atoms with Crippen LogP contribution in [0.2, 0.25) is 0 Å². The van der Waals surface area contributed by atoms with Crippen LogP contribution in [0.15, 0.2) is 217 Å². The fourth-order valence-corrected chi connectivity index (χ4v) is 8.51. The summed E-state index contributed by atoms with van der Waals surface area (Å²) < 4.78 is 3.63. The van der Waals surface area contributed by atoms with Crippen molar-refractivity contribution in [3.63, 3.8) is 0 Å². The molecule has 0 saturated heterocycles. The first-order valence-electron chi connectivity index (χ1n) is 20.0. The van der Waals surface area contributed by atoms with Crippen molar-refractivity contribution in [2.75, 3.05) is 0 Å². The van der Waals surface area contributed by atoms with Gasteiger partial charge < -0.3 is 0 Å². The van der Waals surface area contributed by atoms with Crippen LogP contribution in [0.3, 0.4) is 0 Å². The van der Waals surface area contributed by atoms with E-state index in [0.29, 0.717) is 17.5 Å². The highest BCUT2D eigenvalue weighted by Gasteiger charge is 2.21. The summed E-state index contributed by atoms with van der Waals surface area (Å²) in [5, 5.41) is 4.47. The van der Waals surface area contributed by atoms with Gasteiger partial charge in [-0.05, 0) is 86.3 Å². The molecule has 0 radical (unpaired) electrons. The Balaban J connectivity index is 1.12. The summed E-state index contributed by atoms with van der Waals surface area (Å²) in [6.45, 7) is 0. The SMILES string of the molecule is O=c1n(-c2ccccc2)c2ccc(-c3c4ccccc4c(-c4cccc(-c5nc(-c6ccccc6)nc(-c6ccccc6)n5)c4)c4ccccc34)cc2n1-c1ccccc1. The molecule has 0 aliphatic carbocycles. The lowest BCUT2D eigenvalue weighted by molar-refractivity contribution is 0.931. The molecular formula is C54H35N5O. The van der Waals surface area contributed by atoms with Crippen molar-refractivity contribution in [2.24, 2.45) is 0 Å². The van der Waals surface area contributed by atoms with Crippen LogP contribution in [0.25, 0.3) is 100 Å². The quantitative estimate of drug-likeness (QED) is 0.151. The Morgan fingerprint density at radius 3 is 1.15 bits per heavy atom. The monoisotopic (exact) mass is 769 g/mol. The topological polar surface area (TPSA) is 65.6 Å². The van der Waals surface area contributed by atoms with E-state index in [1.165, 1.54) is 0 Å². The normalized spacial score (nSPS) is 11.4. The number of hydrogen-bond acceptors (Lipinski definition) is 4. The molecule has 11 rings (SSSR count). The maximum Gasteiger partial charge on any atom is 0.338 e. The summed E-state index contributed by atoms with van der Waals surface area (Å²) in [6, 6.07) is 72.0. The van der Waals surface area contributed by atoms with Crippen LogP contribution in [0, 0.1) is 0 Å². The highest BCUT2D eigenvalue weighted by Crippen LogP contribution is 2.45. The largest absolute Gasteiger partial charge is 0.338 e. The van der Waals surface area contributed by atoms with Crippen LogP contribution < -0.4 is 5.69 Å². The van der Waals surface area contributed by atoms with Crippen molar-refractivity contribution in [3.05, 3.63) is 223 Å². The molecule has 11 aromatic rings. The fraction of sp³-hybridized carbons (Fsp3) is 0. The van der Waals surface area contributed by atoms with Gasteiger partial charge in [-0.25, -0.2) is 19.7 Å². The van der Waals surface area contributed by atoms with E-state index in [4.69, 9.17) is 15.0 Å². The zero-order valence-corrected chi connectivity index (χ0v) is 32.4. The average Bonchev–Trinajstić information content (AvgIpc) is 3.62. The second-order valence-electron chi connectivity index (χ2n) is 14.8. The molecule has 0 bridgehead atoms. The predicted molar refractivity (Wildman–Crippen MR) is 244 cm³/mol. The molecule has 6 nitrogen and oxygen atoms in total. The van der Waals surface area contributed by atoms with E-state index in [0.717, 1.165) is 82.9 Å². The van der Waals surface area contributed by atoms with Gasteiger partial charge in [0.15, 0.2) is 17.5 Å². The number of aromatic nitrogens is 5. The van der Waals surface area contributed by atoms with Gasteiger partial charge in [-0.1, -0.05) is 170 Å². The van der Waals surface area contributed by atoms with Gasteiger partial charge >= 0.3 is 5.69 Å². The molecule has 0 unspecified atom stereocenters. The number of hydrogen-bond donors (Lipinski definition) is 0. The fourth-order valence-electron chi connectivity index (χ4n) is 8.51. The zero-order valence-electron chi connectivity index (χ0n) is 32.4. The van der Waals surface area contributed by atoms with Crippen molar-refractivity contribution < 1.29 is 0 Å². The second kappa shape index (κ2) is 14.6. The number of benzene rings is 9. The van der Waals surface area contributed by atoms with Crippen molar-refractivity contribution in [3.8, 4) is 67.8 Å². The average molecular weight is 770 g/mol. The van der Waals surface area contributed by atoms with E-state index in [-0.39, 0.29) is 5.69 Å². The third-order valence-electron chi connectivity index (χ3n) is 11.2. The Kier molecular flexibility index (Phi) is 8.52. The summed E-state index contributed by atoms with van der Waals surface area (Å²) in [5.74, 6) is 1.85. The molecule has 0 aliphatic rings. The van der Waals surface area contributed by atoms with Crippen LogP contribution in [0.5, 0.6) is 0 Å². The van der Waals surface area contributed by atoms with E-state index in [9.17, 15) is 4.79 Å². The Hall–Kier alpha value is -8.22. The van der Waals surface area contributed by atoms with E-state index in [1.54, 1.807) is 4.57 Å². The molecule has 0 spiro atoms. The maximum absolute atomic E-state index is 14.4. The summed E-state index contributed by atoms with van der Waals surface area (Å²) in [6.07, 6.45) is 0. The highest BCUT2D eigenvalue weighted by molar-refractivity contribution is 6.21. The smallest absolute Gasteiger partial charge is 0.260 e. The summed E-state index contributed by atoms with van der Waals surface area (Å²) in [7, 11) is 0. The van der Waals surface area contributed by atoms with Gasteiger partial charge in [0.1, 0.15) is 0 Å². The lowest BCUT2D eigenvalue weighted by Crippen LogP contribution is -2.21. The van der Waals surface area contributed by atoms with Crippen LogP contribution in [0.4, 0.5) is 0 Å². The molecule has 0 saturated carbocycles. The molecule has 0 atom stereocenters. The minimum Gasteiger partial charge on any atom is -0.260 e. The molecule has 2 aromatic heterocycles. The van der Waals surface area contributed by atoms with Gasteiger partial charge in [-0.2, -0.15) is 0 Å². The molecule has 0 N–H and O–H groups in total. The summed E-state index contributed by atoms with van der Waals surface area (Å²) in [4.78, 5) is 29.4. The van der Waals surface area contributed by atoms with Gasteiger partial charge in [-0.15, -0.1) is 0 Å².